The van der Waals surface area contributed by atoms with Gasteiger partial charge in [0.25, 0.3) is 0 Å². The standard InChI is InChI=1S/C33H39N5O2/c1-23(29-21-34-30-15-8-7-14-28(29)30)31(32(39)35-27-13-9-10-24(20-27)22-37(2)3)36-33(40)38-18-16-26(17-19-38)25-11-5-4-6-12-25/h4-15,20-21,23,26,31,34H,16-19,22H2,1-3H3,(H,35,39)(H,36,40)/t23-,31-/m1/s1. The van der Waals surface area contributed by atoms with Crippen LogP contribution in [0.5, 0.6) is 0 Å². The highest BCUT2D eigenvalue weighted by molar-refractivity contribution is 5.98. The predicted octanol–water partition coefficient (Wildman–Crippen LogP) is 5.93. The van der Waals surface area contributed by atoms with Gasteiger partial charge in [0, 0.05) is 48.3 Å². The fourth-order valence-corrected chi connectivity index (χ4v) is 5.77. The van der Waals surface area contributed by atoms with E-state index in [2.05, 4.69) is 44.8 Å². The number of nitrogens with one attached hydrogen (secondary N) is 3. The minimum absolute atomic E-state index is 0.195. The van der Waals surface area contributed by atoms with Crippen molar-refractivity contribution in [3.8, 4) is 0 Å². The Morgan fingerprint density at radius 1 is 0.975 bits per heavy atom. The number of urea groups is 1. The highest BCUT2D eigenvalue weighted by atomic mass is 16.2. The molecule has 3 aromatic carbocycles. The van der Waals surface area contributed by atoms with E-state index in [1.807, 2.05) is 86.7 Å². The van der Waals surface area contributed by atoms with Gasteiger partial charge in [0.2, 0.25) is 5.91 Å². The number of fused-ring (bicyclic) bond motifs is 1. The molecule has 0 radical (unpaired) electrons. The van der Waals surface area contributed by atoms with Gasteiger partial charge in [-0.15, -0.1) is 0 Å². The van der Waals surface area contributed by atoms with Crippen molar-refractivity contribution in [2.45, 2.75) is 44.2 Å². The van der Waals surface area contributed by atoms with Crippen LogP contribution in [0.4, 0.5) is 10.5 Å². The smallest absolute Gasteiger partial charge is 0.318 e. The molecule has 0 aliphatic carbocycles. The van der Waals surface area contributed by atoms with Crippen molar-refractivity contribution in [2.24, 2.45) is 0 Å². The van der Waals surface area contributed by atoms with E-state index < -0.39 is 6.04 Å². The topological polar surface area (TPSA) is 80.5 Å². The number of anilines is 1. The molecule has 0 saturated carbocycles. The SMILES string of the molecule is C[C@H](c1c[nH]c2ccccc12)[C@@H](NC(=O)N1CCC(c2ccccc2)CC1)C(=O)Nc1cccc(CN(C)C)c1. The number of hydrogen-bond acceptors (Lipinski definition) is 3. The summed E-state index contributed by atoms with van der Waals surface area (Å²) < 4.78 is 0. The van der Waals surface area contributed by atoms with E-state index in [0.29, 0.717) is 19.0 Å². The molecule has 1 fully saturated rings. The minimum atomic E-state index is -0.754. The van der Waals surface area contributed by atoms with Crippen LogP contribution in [-0.4, -0.2) is 59.9 Å². The Bertz CT molecular complexity index is 1440. The molecule has 3 amide bonds. The van der Waals surface area contributed by atoms with E-state index in [1.54, 1.807) is 0 Å². The fourth-order valence-electron chi connectivity index (χ4n) is 5.77. The Morgan fingerprint density at radius 2 is 1.70 bits per heavy atom. The highest BCUT2D eigenvalue weighted by Gasteiger charge is 2.32. The first-order valence-corrected chi connectivity index (χ1v) is 14.1. The molecule has 5 rings (SSSR count). The van der Waals surface area contributed by atoms with Crippen LogP contribution < -0.4 is 10.6 Å². The molecule has 7 nitrogen and oxygen atoms in total. The van der Waals surface area contributed by atoms with Gasteiger partial charge in [-0.3, -0.25) is 4.79 Å². The third kappa shape index (κ3) is 6.37. The van der Waals surface area contributed by atoms with Crippen LogP contribution in [0.15, 0.2) is 85.1 Å². The fraction of sp³-hybridized carbons (Fsp3) is 0.333. The van der Waals surface area contributed by atoms with Gasteiger partial charge in [0.05, 0.1) is 0 Å². The Kier molecular flexibility index (Phi) is 8.51. The number of likely N-dealkylation sites (tertiary alicyclic amines) is 1. The van der Waals surface area contributed by atoms with Gasteiger partial charge in [-0.2, -0.15) is 0 Å². The van der Waals surface area contributed by atoms with Gasteiger partial charge in [0.1, 0.15) is 6.04 Å². The average molecular weight is 538 g/mol. The van der Waals surface area contributed by atoms with Gasteiger partial charge in [-0.25, -0.2) is 4.79 Å². The van der Waals surface area contributed by atoms with Gasteiger partial charge < -0.3 is 25.4 Å². The number of H-pyrrole nitrogens is 1. The highest BCUT2D eigenvalue weighted by Crippen LogP contribution is 2.30. The van der Waals surface area contributed by atoms with Crippen LogP contribution in [0.2, 0.25) is 0 Å². The zero-order valence-corrected chi connectivity index (χ0v) is 23.6. The summed E-state index contributed by atoms with van der Waals surface area (Å²) in [4.78, 5) is 34.6. The van der Waals surface area contributed by atoms with Crippen molar-refractivity contribution < 1.29 is 9.59 Å². The van der Waals surface area contributed by atoms with Crippen LogP contribution in [0, 0.1) is 0 Å². The first-order chi connectivity index (χ1) is 19.4. The summed E-state index contributed by atoms with van der Waals surface area (Å²) in [6.45, 7) is 4.10. The number of aromatic nitrogens is 1. The molecule has 1 aliphatic rings. The summed E-state index contributed by atoms with van der Waals surface area (Å²) in [6.07, 6.45) is 3.76. The molecule has 7 heteroatoms. The number of nitrogens with zero attached hydrogens (tertiary/aromatic N) is 2. The Hall–Kier alpha value is -4.10. The van der Waals surface area contributed by atoms with Crippen molar-refractivity contribution >= 4 is 28.5 Å². The largest absolute Gasteiger partial charge is 0.361 e. The van der Waals surface area contributed by atoms with Gasteiger partial charge >= 0.3 is 6.03 Å². The summed E-state index contributed by atoms with van der Waals surface area (Å²) in [7, 11) is 4.03. The molecule has 4 aromatic rings. The number of piperidine rings is 1. The lowest BCUT2D eigenvalue weighted by atomic mass is 9.89. The maximum Gasteiger partial charge on any atom is 0.318 e. The van der Waals surface area contributed by atoms with Gasteiger partial charge in [-0.1, -0.05) is 67.6 Å². The summed E-state index contributed by atoms with van der Waals surface area (Å²) >= 11 is 0. The van der Waals surface area contributed by atoms with E-state index in [-0.39, 0.29) is 17.9 Å². The number of amides is 3. The summed E-state index contributed by atoms with van der Waals surface area (Å²) in [5, 5.41) is 7.25. The van der Waals surface area contributed by atoms with E-state index in [1.165, 1.54) is 5.56 Å². The predicted molar refractivity (Wildman–Crippen MR) is 161 cm³/mol. The molecular formula is C33H39N5O2. The normalized spacial score (nSPS) is 15.7. The van der Waals surface area contributed by atoms with Crippen LogP contribution in [-0.2, 0) is 11.3 Å². The van der Waals surface area contributed by atoms with Gasteiger partial charge in [-0.05, 0) is 67.7 Å². The quantitative estimate of drug-likeness (QED) is 0.261. The molecule has 208 valence electrons. The molecule has 2 atom stereocenters. The maximum atomic E-state index is 13.8. The molecular weight excluding hydrogens is 498 g/mol. The van der Waals surface area contributed by atoms with Crippen molar-refractivity contribution in [3.63, 3.8) is 0 Å². The first-order valence-electron chi connectivity index (χ1n) is 14.1. The number of hydrogen-bond donors (Lipinski definition) is 3. The molecule has 1 aromatic heterocycles. The van der Waals surface area contributed by atoms with Crippen LogP contribution in [0.25, 0.3) is 10.9 Å². The summed E-state index contributed by atoms with van der Waals surface area (Å²) in [5.41, 5.74) is 5.16. The maximum absolute atomic E-state index is 13.8. The van der Waals surface area contributed by atoms with Crippen molar-refractivity contribution in [3.05, 3.63) is 102 Å². The number of carbonyl (C=O) groups excluding carboxylic acids is 2. The van der Waals surface area contributed by atoms with Crippen molar-refractivity contribution in [2.75, 3.05) is 32.5 Å². The summed E-state index contributed by atoms with van der Waals surface area (Å²) in [5.74, 6) is -0.0387. The second-order valence-electron chi connectivity index (χ2n) is 11.1. The molecule has 3 N–H and O–H groups in total. The third-order valence-corrected chi connectivity index (χ3v) is 7.92. The van der Waals surface area contributed by atoms with Gasteiger partial charge in [0.15, 0.2) is 0 Å². The molecule has 40 heavy (non-hydrogen) atoms. The molecule has 0 spiro atoms. The Morgan fingerprint density at radius 3 is 2.45 bits per heavy atom. The van der Waals surface area contributed by atoms with Crippen molar-refractivity contribution in [1.82, 2.24) is 20.1 Å². The van der Waals surface area contributed by atoms with E-state index in [9.17, 15) is 9.59 Å². The second-order valence-corrected chi connectivity index (χ2v) is 11.1. The number of carbonyl (C=O) groups is 2. The number of benzene rings is 3. The molecule has 2 heterocycles. The lowest BCUT2D eigenvalue weighted by molar-refractivity contribution is -0.118. The number of rotatable bonds is 8. The number of para-hydroxylation sites is 1. The molecule has 1 aliphatic heterocycles. The van der Waals surface area contributed by atoms with Crippen LogP contribution in [0.1, 0.15) is 48.3 Å². The first kappa shape index (κ1) is 27.5. The van der Waals surface area contributed by atoms with E-state index in [0.717, 1.165) is 47.1 Å². The monoisotopic (exact) mass is 537 g/mol. The van der Waals surface area contributed by atoms with Crippen LogP contribution in [0.3, 0.4) is 0 Å². The molecule has 0 unspecified atom stereocenters. The van der Waals surface area contributed by atoms with Crippen LogP contribution >= 0.6 is 0 Å². The minimum Gasteiger partial charge on any atom is -0.361 e. The lowest BCUT2D eigenvalue weighted by Crippen LogP contribution is -2.53. The second kappa shape index (κ2) is 12.4. The zero-order chi connectivity index (χ0) is 28.1. The lowest BCUT2D eigenvalue weighted by Gasteiger charge is -2.34. The molecule has 1 saturated heterocycles. The third-order valence-electron chi connectivity index (χ3n) is 7.92. The number of aromatic amines is 1. The Labute approximate surface area is 236 Å². The summed E-state index contributed by atoms with van der Waals surface area (Å²) in [6, 6.07) is 25.5. The average Bonchev–Trinajstić information content (AvgIpc) is 3.40. The Balaban J connectivity index is 1.34. The van der Waals surface area contributed by atoms with E-state index >= 15 is 0 Å². The van der Waals surface area contributed by atoms with Crippen molar-refractivity contribution in [1.29, 1.82) is 0 Å². The molecule has 0 bridgehead atoms. The van der Waals surface area contributed by atoms with E-state index in [4.69, 9.17) is 0 Å². The zero-order valence-electron chi connectivity index (χ0n) is 23.6.